The van der Waals surface area contributed by atoms with E-state index < -0.39 is 5.97 Å². The van der Waals surface area contributed by atoms with Crippen LogP contribution in [0.25, 0.3) is 0 Å². The molecule has 0 fully saturated rings. The highest BCUT2D eigenvalue weighted by Crippen LogP contribution is 2.24. The van der Waals surface area contributed by atoms with Crippen molar-refractivity contribution in [1.29, 1.82) is 0 Å². The first-order chi connectivity index (χ1) is 9.97. The van der Waals surface area contributed by atoms with E-state index in [-0.39, 0.29) is 12.0 Å². The van der Waals surface area contributed by atoms with Gasteiger partial charge < -0.3 is 4.74 Å². The van der Waals surface area contributed by atoms with E-state index in [1.165, 1.54) is 0 Å². The molecule has 0 saturated heterocycles. The second-order valence-electron chi connectivity index (χ2n) is 4.71. The van der Waals surface area contributed by atoms with Gasteiger partial charge in [0, 0.05) is 5.56 Å². The van der Waals surface area contributed by atoms with Crippen molar-refractivity contribution in [3.8, 4) is 0 Å². The van der Waals surface area contributed by atoms with Gasteiger partial charge in [-0.3, -0.25) is 10.1 Å². The van der Waals surface area contributed by atoms with Gasteiger partial charge in [-0.15, -0.1) is 0 Å². The minimum absolute atomic E-state index is 0.193. The molecule has 5 nitrogen and oxygen atoms in total. The van der Waals surface area contributed by atoms with E-state index in [0.29, 0.717) is 21.3 Å². The summed E-state index contributed by atoms with van der Waals surface area (Å²) in [6, 6.07) is 8.83. The van der Waals surface area contributed by atoms with Gasteiger partial charge in [0.1, 0.15) is 4.88 Å². The quantitative estimate of drug-likeness (QED) is 0.880. The lowest BCUT2D eigenvalue weighted by molar-refractivity contribution is 0.0382. The number of amides is 1. The number of carbonyl (C=O) groups excluding carboxylic acids is 2. The summed E-state index contributed by atoms with van der Waals surface area (Å²) in [5.74, 6) is -0.673. The highest BCUT2D eigenvalue weighted by molar-refractivity contribution is 7.17. The number of hydrogen-bond acceptors (Lipinski definition) is 5. The number of rotatable bonds is 4. The van der Waals surface area contributed by atoms with Crippen LogP contribution in [0.15, 0.2) is 30.3 Å². The fourth-order valence-electron chi connectivity index (χ4n) is 1.67. The number of nitrogens with one attached hydrogen (secondary N) is 1. The third-order valence-corrected chi connectivity index (χ3v) is 3.63. The number of esters is 1. The van der Waals surface area contributed by atoms with E-state index in [9.17, 15) is 9.59 Å². The number of nitrogens with zero attached hydrogens (tertiary/aromatic N) is 1. The Balaban J connectivity index is 2.12. The van der Waals surface area contributed by atoms with Gasteiger partial charge >= 0.3 is 5.97 Å². The summed E-state index contributed by atoms with van der Waals surface area (Å²) in [6.07, 6.45) is -0.193. The third-order valence-electron chi connectivity index (χ3n) is 2.58. The van der Waals surface area contributed by atoms with Crippen molar-refractivity contribution >= 4 is 28.3 Å². The lowest BCUT2D eigenvalue weighted by Crippen LogP contribution is -2.11. The van der Waals surface area contributed by atoms with Crippen molar-refractivity contribution in [1.82, 2.24) is 4.98 Å². The number of thiazole rings is 1. The zero-order chi connectivity index (χ0) is 15.4. The van der Waals surface area contributed by atoms with Crippen LogP contribution in [0.4, 0.5) is 5.13 Å². The van der Waals surface area contributed by atoms with Crippen molar-refractivity contribution in [3.05, 3.63) is 46.5 Å². The van der Waals surface area contributed by atoms with Crippen molar-refractivity contribution in [2.24, 2.45) is 0 Å². The molecular formula is C15H16N2O3S. The van der Waals surface area contributed by atoms with Crippen LogP contribution < -0.4 is 5.32 Å². The van der Waals surface area contributed by atoms with E-state index in [1.54, 1.807) is 45.0 Å². The van der Waals surface area contributed by atoms with Gasteiger partial charge in [0.05, 0.1) is 11.8 Å². The normalized spacial score (nSPS) is 10.5. The van der Waals surface area contributed by atoms with Gasteiger partial charge in [-0.1, -0.05) is 29.5 Å². The SMILES string of the molecule is Cc1nc(NC(=O)c2ccccc2)sc1C(=O)OC(C)C. The van der Waals surface area contributed by atoms with E-state index in [0.717, 1.165) is 11.3 Å². The monoisotopic (exact) mass is 304 g/mol. The average molecular weight is 304 g/mol. The highest BCUT2D eigenvalue weighted by atomic mass is 32.1. The number of ether oxygens (including phenoxy) is 1. The number of anilines is 1. The van der Waals surface area contributed by atoms with Crippen LogP contribution in [0.2, 0.25) is 0 Å². The van der Waals surface area contributed by atoms with Crippen LogP contribution in [-0.2, 0) is 4.74 Å². The van der Waals surface area contributed by atoms with Crippen molar-refractivity contribution in [2.45, 2.75) is 26.9 Å². The summed E-state index contributed by atoms with van der Waals surface area (Å²) >= 11 is 1.11. The number of aromatic nitrogens is 1. The molecule has 0 saturated carbocycles. The Morgan fingerprint density at radius 3 is 2.52 bits per heavy atom. The van der Waals surface area contributed by atoms with Gasteiger partial charge in [0.2, 0.25) is 0 Å². The molecule has 0 radical (unpaired) electrons. The predicted octanol–water partition coefficient (Wildman–Crippen LogP) is 3.27. The van der Waals surface area contributed by atoms with E-state index in [4.69, 9.17) is 4.74 Å². The van der Waals surface area contributed by atoms with Crippen LogP contribution >= 0.6 is 11.3 Å². The smallest absolute Gasteiger partial charge is 0.350 e. The number of benzene rings is 1. The van der Waals surface area contributed by atoms with Gasteiger partial charge in [-0.2, -0.15) is 0 Å². The lowest BCUT2D eigenvalue weighted by atomic mass is 10.2. The molecule has 1 amide bonds. The van der Waals surface area contributed by atoms with Crippen LogP contribution in [0.5, 0.6) is 0 Å². The van der Waals surface area contributed by atoms with Gasteiger partial charge in [0.25, 0.3) is 5.91 Å². The second-order valence-corrected chi connectivity index (χ2v) is 5.71. The zero-order valence-corrected chi connectivity index (χ0v) is 12.9. The second kappa shape index (κ2) is 6.49. The summed E-state index contributed by atoms with van der Waals surface area (Å²) in [4.78, 5) is 28.5. The summed E-state index contributed by atoms with van der Waals surface area (Å²) in [7, 11) is 0. The van der Waals surface area contributed by atoms with Crippen LogP contribution in [0.1, 0.15) is 39.6 Å². The fourth-order valence-corrected chi connectivity index (χ4v) is 2.51. The standard InChI is InChI=1S/C15H16N2O3S/c1-9(2)20-14(19)12-10(3)16-15(21-12)17-13(18)11-7-5-4-6-8-11/h4-9H,1-3H3,(H,16,17,18). The maximum atomic E-state index is 12.0. The predicted molar refractivity (Wildman–Crippen MR) is 81.8 cm³/mol. The molecule has 6 heteroatoms. The lowest BCUT2D eigenvalue weighted by Gasteiger charge is -2.05. The molecule has 2 aromatic rings. The molecule has 110 valence electrons. The zero-order valence-electron chi connectivity index (χ0n) is 12.0. The topological polar surface area (TPSA) is 68.3 Å². The first-order valence-corrected chi connectivity index (χ1v) is 7.34. The summed E-state index contributed by atoms with van der Waals surface area (Å²) < 4.78 is 5.14. The van der Waals surface area contributed by atoms with E-state index in [2.05, 4.69) is 10.3 Å². The Morgan fingerprint density at radius 1 is 1.24 bits per heavy atom. The van der Waals surface area contributed by atoms with Crippen molar-refractivity contribution in [3.63, 3.8) is 0 Å². The highest BCUT2D eigenvalue weighted by Gasteiger charge is 2.19. The van der Waals surface area contributed by atoms with E-state index >= 15 is 0 Å². The molecule has 0 aliphatic carbocycles. The van der Waals surface area contributed by atoms with Crippen molar-refractivity contribution < 1.29 is 14.3 Å². The van der Waals surface area contributed by atoms with E-state index in [1.807, 2.05) is 6.07 Å². The maximum absolute atomic E-state index is 12.0. The molecule has 21 heavy (non-hydrogen) atoms. The van der Waals surface area contributed by atoms with Crippen molar-refractivity contribution in [2.75, 3.05) is 5.32 Å². The molecule has 1 heterocycles. The summed E-state index contributed by atoms with van der Waals surface area (Å²) in [5.41, 5.74) is 1.09. The van der Waals surface area contributed by atoms with Gasteiger partial charge in [-0.25, -0.2) is 9.78 Å². The third kappa shape index (κ3) is 3.88. The minimum Gasteiger partial charge on any atom is -0.459 e. The number of hydrogen-bond donors (Lipinski definition) is 1. The molecule has 0 bridgehead atoms. The Hall–Kier alpha value is -2.21. The molecule has 0 unspecified atom stereocenters. The molecular weight excluding hydrogens is 288 g/mol. The molecule has 1 N–H and O–H groups in total. The fraction of sp³-hybridized carbons (Fsp3) is 0.267. The largest absolute Gasteiger partial charge is 0.459 e. The van der Waals surface area contributed by atoms with Crippen LogP contribution in [-0.4, -0.2) is 23.0 Å². The summed E-state index contributed by atoms with van der Waals surface area (Å²) in [5, 5.41) is 3.07. The number of aryl methyl sites for hydroxylation is 1. The molecule has 0 aliphatic heterocycles. The molecule has 1 aromatic carbocycles. The van der Waals surface area contributed by atoms with Gasteiger partial charge in [-0.05, 0) is 32.9 Å². The first kappa shape index (κ1) is 15.2. The Kier molecular flexibility index (Phi) is 4.70. The average Bonchev–Trinajstić information content (AvgIpc) is 2.80. The Bertz CT molecular complexity index is 650. The Labute approximate surface area is 127 Å². The molecule has 0 atom stereocenters. The minimum atomic E-state index is -0.416. The first-order valence-electron chi connectivity index (χ1n) is 6.52. The summed E-state index contributed by atoms with van der Waals surface area (Å²) in [6.45, 7) is 5.28. The molecule has 0 aliphatic rings. The van der Waals surface area contributed by atoms with Gasteiger partial charge in [0.15, 0.2) is 5.13 Å². The molecule has 2 rings (SSSR count). The van der Waals surface area contributed by atoms with Crippen LogP contribution in [0, 0.1) is 6.92 Å². The molecule has 1 aromatic heterocycles. The number of carbonyl (C=O) groups is 2. The maximum Gasteiger partial charge on any atom is 0.350 e. The van der Waals surface area contributed by atoms with Crippen LogP contribution in [0.3, 0.4) is 0 Å². The molecule has 0 spiro atoms. The Morgan fingerprint density at radius 2 is 1.90 bits per heavy atom.